The summed E-state index contributed by atoms with van der Waals surface area (Å²) < 4.78 is 0. The Bertz CT molecular complexity index is 425. The largest absolute Gasteiger partial charge is 0.315 e. The van der Waals surface area contributed by atoms with Gasteiger partial charge in [-0.15, -0.1) is 0 Å². The Labute approximate surface area is 123 Å². The molecule has 20 heavy (non-hydrogen) atoms. The molecular formula is C18H28N2. The summed E-state index contributed by atoms with van der Waals surface area (Å²) in [4.78, 5) is 2.63. The second-order valence-corrected chi connectivity index (χ2v) is 6.35. The van der Waals surface area contributed by atoms with E-state index in [2.05, 4.69) is 41.4 Å². The highest BCUT2D eigenvalue weighted by molar-refractivity contribution is 5.32. The van der Waals surface area contributed by atoms with Crippen LogP contribution in [0.2, 0.25) is 0 Å². The van der Waals surface area contributed by atoms with Crippen molar-refractivity contribution in [3.05, 3.63) is 35.4 Å². The third kappa shape index (κ3) is 3.42. The SMILES string of the molecule is CCN(CCNCC1CCCc2ccccc21)C1CC1. The minimum absolute atomic E-state index is 0.732. The zero-order valence-electron chi connectivity index (χ0n) is 12.8. The van der Waals surface area contributed by atoms with Crippen LogP contribution in [0.15, 0.2) is 24.3 Å². The molecule has 0 aromatic heterocycles. The number of likely N-dealkylation sites (N-methyl/N-ethyl adjacent to an activating group) is 1. The Morgan fingerprint density at radius 1 is 1.20 bits per heavy atom. The number of nitrogens with one attached hydrogen (secondary N) is 1. The average molecular weight is 272 g/mol. The van der Waals surface area contributed by atoms with Crippen LogP contribution in [-0.2, 0) is 6.42 Å². The van der Waals surface area contributed by atoms with Crippen LogP contribution in [0.4, 0.5) is 0 Å². The third-order valence-electron chi connectivity index (χ3n) is 4.93. The van der Waals surface area contributed by atoms with Gasteiger partial charge in [0.25, 0.3) is 0 Å². The summed E-state index contributed by atoms with van der Waals surface area (Å²) in [6, 6.07) is 9.93. The van der Waals surface area contributed by atoms with Gasteiger partial charge in [-0.2, -0.15) is 0 Å². The summed E-state index contributed by atoms with van der Waals surface area (Å²) in [5, 5.41) is 3.70. The maximum Gasteiger partial charge on any atom is 0.0110 e. The maximum atomic E-state index is 3.70. The molecule has 0 saturated heterocycles. The second kappa shape index (κ2) is 6.73. The van der Waals surface area contributed by atoms with Crippen molar-refractivity contribution in [2.24, 2.45) is 0 Å². The van der Waals surface area contributed by atoms with Crippen LogP contribution in [0.5, 0.6) is 0 Å². The summed E-state index contributed by atoms with van der Waals surface area (Å²) >= 11 is 0. The van der Waals surface area contributed by atoms with E-state index in [-0.39, 0.29) is 0 Å². The number of rotatable bonds is 7. The van der Waals surface area contributed by atoms with Gasteiger partial charge in [0.15, 0.2) is 0 Å². The van der Waals surface area contributed by atoms with Gasteiger partial charge in [0.2, 0.25) is 0 Å². The van der Waals surface area contributed by atoms with Crippen molar-refractivity contribution < 1.29 is 0 Å². The molecule has 1 fully saturated rings. The lowest BCUT2D eigenvalue weighted by Gasteiger charge is -2.26. The van der Waals surface area contributed by atoms with Crippen molar-refractivity contribution in [3.8, 4) is 0 Å². The topological polar surface area (TPSA) is 15.3 Å². The molecule has 0 heterocycles. The van der Waals surface area contributed by atoms with E-state index >= 15 is 0 Å². The second-order valence-electron chi connectivity index (χ2n) is 6.35. The lowest BCUT2D eigenvalue weighted by molar-refractivity contribution is 0.276. The maximum absolute atomic E-state index is 3.70. The first-order chi connectivity index (χ1) is 9.88. The first-order valence-electron chi connectivity index (χ1n) is 8.41. The number of hydrogen-bond donors (Lipinski definition) is 1. The Morgan fingerprint density at radius 3 is 2.85 bits per heavy atom. The molecule has 1 unspecified atom stereocenters. The third-order valence-corrected chi connectivity index (χ3v) is 4.93. The summed E-state index contributed by atoms with van der Waals surface area (Å²) in [6.07, 6.45) is 6.82. The molecular weight excluding hydrogens is 244 g/mol. The molecule has 0 radical (unpaired) electrons. The Kier molecular flexibility index (Phi) is 4.74. The fourth-order valence-electron chi connectivity index (χ4n) is 3.60. The Hall–Kier alpha value is -0.860. The molecule has 0 spiro atoms. The number of hydrogen-bond acceptors (Lipinski definition) is 2. The van der Waals surface area contributed by atoms with Crippen molar-refractivity contribution in [2.75, 3.05) is 26.2 Å². The van der Waals surface area contributed by atoms with Gasteiger partial charge < -0.3 is 5.32 Å². The predicted molar refractivity (Wildman–Crippen MR) is 85.3 cm³/mol. The van der Waals surface area contributed by atoms with Gasteiger partial charge >= 0.3 is 0 Å². The molecule has 0 aliphatic heterocycles. The summed E-state index contributed by atoms with van der Waals surface area (Å²) in [6.45, 7) is 7.01. The van der Waals surface area contributed by atoms with E-state index in [1.807, 2.05) is 0 Å². The molecule has 1 N–H and O–H groups in total. The van der Waals surface area contributed by atoms with Crippen LogP contribution in [0.3, 0.4) is 0 Å². The molecule has 0 bridgehead atoms. The van der Waals surface area contributed by atoms with Crippen molar-refractivity contribution in [1.29, 1.82) is 0 Å². The van der Waals surface area contributed by atoms with Crippen molar-refractivity contribution in [3.63, 3.8) is 0 Å². The molecule has 1 aromatic carbocycles. The van der Waals surface area contributed by atoms with Crippen molar-refractivity contribution >= 4 is 0 Å². The van der Waals surface area contributed by atoms with E-state index in [0.717, 1.165) is 25.0 Å². The van der Waals surface area contributed by atoms with Gasteiger partial charge in [-0.25, -0.2) is 0 Å². The first kappa shape index (κ1) is 14.1. The zero-order chi connectivity index (χ0) is 13.8. The summed E-state index contributed by atoms with van der Waals surface area (Å²) in [5.74, 6) is 0.732. The van der Waals surface area contributed by atoms with Crippen molar-refractivity contribution in [1.82, 2.24) is 10.2 Å². The smallest absolute Gasteiger partial charge is 0.0110 e. The number of fused-ring (bicyclic) bond motifs is 1. The van der Waals surface area contributed by atoms with E-state index in [4.69, 9.17) is 0 Å². The lowest BCUT2D eigenvalue weighted by Crippen LogP contribution is -2.35. The van der Waals surface area contributed by atoms with Crippen LogP contribution in [0, 0.1) is 0 Å². The molecule has 2 aliphatic carbocycles. The Balaban J connectivity index is 1.45. The van der Waals surface area contributed by atoms with E-state index in [0.29, 0.717) is 0 Å². The fraction of sp³-hybridized carbons (Fsp3) is 0.667. The minimum Gasteiger partial charge on any atom is -0.315 e. The van der Waals surface area contributed by atoms with Gasteiger partial charge in [0, 0.05) is 25.7 Å². The molecule has 1 atom stereocenters. The number of nitrogens with zero attached hydrogens (tertiary/aromatic N) is 1. The van der Waals surface area contributed by atoms with E-state index in [9.17, 15) is 0 Å². The highest BCUT2D eigenvalue weighted by Crippen LogP contribution is 2.30. The average Bonchev–Trinajstić information content (AvgIpc) is 3.32. The van der Waals surface area contributed by atoms with Gasteiger partial charge in [-0.3, -0.25) is 4.90 Å². The van der Waals surface area contributed by atoms with E-state index < -0.39 is 0 Å². The van der Waals surface area contributed by atoms with Crippen LogP contribution < -0.4 is 5.32 Å². The van der Waals surface area contributed by atoms with Crippen LogP contribution in [0.1, 0.15) is 49.7 Å². The predicted octanol–water partition coefficient (Wildman–Crippen LogP) is 3.18. The molecule has 1 aromatic rings. The molecule has 2 nitrogen and oxygen atoms in total. The lowest BCUT2D eigenvalue weighted by atomic mass is 9.83. The first-order valence-corrected chi connectivity index (χ1v) is 8.41. The fourth-order valence-corrected chi connectivity index (χ4v) is 3.60. The number of benzene rings is 1. The van der Waals surface area contributed by atoms with Crippen LogP contribution >= 0.6 is 0 Å². The van der Waals surface area contributed by atoms with Crippen LogP contribution in [0.25, 0.3) is 0 Å². The van der Waals surface area contributed by atoms with Gasteiger partial charge in [-0.1, -0.05) is 31.2 Å². The normalized spacial score (nSPS) is 22.0. The Morgan fingerprint density at radius 2 is 2.05 bits per heavy atom. The highest BCUT2D eigenvalue weighted by atomic mass is 15.2. The van der Waals surface area contributed by atoms with Crippen molar-refractivity contribution in [2.45, 2.75) is 51.0 Å². The summed E-state index contributed by atoms with van der Waals surface area (Å²) in [5.41, 5.74) is 3.18. The van der Waals surface area contributed by atoms with Gasteiger partial charge in [0.1, 0.15) is 0 Å². The van der Waals surface area contributed by atoms with E-state index in [1.165, 1.54) is 45.2 Å². The van der Waals surface area contributed by atoms with Gasteiger partial charge in [-0.05, 0) is 55.7 Å². The molecule has 0 amide bonds. The van der Waals surface area contributed by atoms with Crippen LogP contribution in [-0.4, -0.2) is 37.1 Å². The monoisotopic (exact) mass is 272 g/mol. The highest BCUT2D eigenvalue weighted by Gasteiger charge is 2.27. The quantitative estimate of drug-likeness (QED) is 0.767. The van der Waals surface area contributed by atoms with E-state index in [1.54, 1.807) is 11.1 Å². The molecule has 3 rings (SSSR count). The molecule has 2 heteroatoms. The zero-order valence-corrected chi connectivity index (χ0v) is 12.8. The molecule has 2 aliphatic rings. The molecule has 110 valence electrons. The minimum atomic E-state index is 0.732. The van der Waals surface area contributed by atoms with Gasteiger partial charge in [0.05, 0.1) is 0 Å². The number of aryl methyl sites for hydroxylation is 1. The summed E-state index contributed by atoms with van der Waals surface area (Å²) in [7, 11) is 0. The molecule has 1 saturated carbocycles. The standard InChI is InChI=1S/C18H28N2/c1-2-20(17-10-11-17)13-12-19-14-16-8-5-7-15-6-3-4-9-18(15)16/h3-4,6,9,16-17,19H,2,5,7-8,10-14H2,1H3.